The molecular weight excluding hydrogens is 246 g/mol. The number of esters is 1. The predicted octanol–water partition coefficient (Wildman–Crippen LogP) is 1.54. The fraction of sp³-hybridized carbons (Fsp3) is 0.500. The summed E-state index contributed by atoms with van der Waals surface area (Å²) >= 11 is 0. The highest BCUT2D eigenvalue weighted by molar-refractivity contribution is 5.77. The smallest absolute Gasteiger partial charge is 0.327 e. The van der Waals surface area contributed by atoms with Crippen molar-refractivity contribution in [2.75, 3.05) is 34.0 Å². The molecule has 1 aromatic carbocycles. The topological polar surface area (TPSA) is 56.8 Å². The molecule has 0 aromatic heterocycles. The standard InChI is InChI=1S/C14H21NO4/c1-4-19-14(16)13(15-9-10-17-2)11-5-7-12(18-3)8-6-11/h5-8,13,15H,4,9-10H2,1-3H3. The maximum atomic E-state index is 11.9. The van der Waals surface area contributed by atoms with Gasteiger partial charge >= 0.3 is 5.97 Å². The second-order valence-electron chi connectivity index (χ2n) is 3.91. The molecule has 0 aliphatic carbocycles. The Morgan fingerprint density at radius 1 is 1.26 bits per heavy atom. The molecule has 19 heavy (non-hydrogen) atoms. The maximum absolute atomic E-state index is 11.9. The van der Waals surface area contributed by atoms with Gasteiger partial charge in [-0.25, -0.2) is 4.79 Å². The highest BCUT2D eigenvalue weighted by Crippen LogP contribution is 2.18. The minimum absolute atomic E-state index is 0.288. The summed E-state index contributed by atoms with van der Waals surface area (Å²) in [7, 11) is 3.23. The third kappa shape index (κ3) is 4.89. The van der Waals surface area contributed by atoms with E-state index in [1.807, 2.05) is 24.3 Å². The molecule has 1 rings (SSSR count). The average molecular weight is 267 g/mol. The Kier molecular flexibility index (Phi) is 6.92. The molecule has 0 aliphatic rings. The van der Waals surface area contributed by atoms with E-state index in [1.165, 1.54) is 0 Å². The van der Waals surface area contributed by atoms with Gasteiger partial charge in [0.15, 0.2) is 0 Å². The number of hydrogen-bond acceptors (Lipinski definition) is 5. The van der Waals surface area contributed by atoms with Crippen LogP contribution in [0.25, 0.3) is 0 Å². The number of carbonyl (C=O) groups is 1. The van der Waals surface area contributed by atoms with E-state index in [4.69, 9.17) is 14.2 Å². The lowest BCUT2D eigenvalue weighted by Crippen LogP contribution is -2.32. The number of ether oxygens (including phenoxy) is 3. The van der Waals surface area contributed by atoms with Crippen LogP contribution < -0.4 is 10.1 Å². The van der Waals surface area contributed by atoms with Crippen molar-refractivity contribution >= 4 is 5.97 Å². The van der Waals surface area contributed by atoms with E-state index in [2.05, 4.69) is 5.32 Å². The first-order valence-corrected chi connectivity index (χ1v) is 6.25. The van der Waals surface area contributed by atoms with E-state index in [-0.39, 0.29) is 5.97 Å². The summed E-state index contributed by atoms with van der Waals surface area (Å²) in [6, 6.07) is 6.85. The minimum Gasteiger partial charge on any atom is -0.497 e. The van der Waals surface area contributed by atoms with Crippen LogP contribution in [-0.4, -0.2) is 39.9 Å². The third-order valence-corrected chi connectivity index (χ3v) is 2.63. The molecule has 5 nitrogen and oxygen atoms in total. The lowest BCUT2D eigenvalue weighted by Gasteiger charge is -2.17. The molecule has 0 aliphatic heterocycles. The summed E-state index contributed by atoms with van der Waals surface area (Å²) in [6.07, 6.45) is 0. The number of methoxy groups -OCH3 is 2. The number of nitrogens with one attached hydrogen (secondary N) is 1. The van der Waals surface area contributed by atoms with Gasteiger partial charge in [0.05, 0.1) is 20.3 Å². The lowest BCUT2D eigenvalue weighted by atomic mass is 10.1. The molecule has 0 bridgehead atoms. The van der Waals surface area contributed by atoms with Crippen molar-refractivity contribution in [2.24, 2.45) is 0 Å². The molecule has 0 radical (unpaired) electrons. The van der Waals surface area contributed by atoms with Crippen LogP contribution >= 0.6 is 0 Å². The Labute approximate surface area is 113 Å². The van der Waals surface area contributed by atoms with Gasteiger partial charge in [0.1, 0.15) is 11.8 Å². The van der Waals surface area contributed by atoms with Crippen LogP contribution in [0.4, 0.5) is 0 Å². The molecule has 0 saturated heterocycles. The summed E-state index contributed by atoms with van der Waals surface area (Å²) in [4.78, 5) is 11.9. The monoisotopic (exact) mass is 267 g/mol. The van der Waals surface area contributed by atoms with Gasteiger partial charge in [-0.05, 0) is 24.6 Å². The Bertz CT molecular complexity index is 378. The zero-order chi connectivity index (χ0) is 14.1. The Morgan fingerprint density at radius 2 is 1.95 bits per heavy atom. The Hall–Kier alpha value is -1.59. The highest BCUT2D eigenvalue weighted by Gasteiger charge is 2.21. The van der Waals surface area contributed by atoms with Crippen LogP contribution in [0.2, 0.25) is 0 Å². The van der Waals surface area contributed by atoms with Crippen molar-refractivity contribution in [3.05, 3.63) is 29.8 Å². The SMILES string of the molecule is CCOC(=O)C(NCCOC)c1ccc(OC)cc1. The Morgan fingerprint density at radius 3 is 2.47 bits per heavy atom. The summed E-state index contributed by atoms with van der Waals surface area (Å²) in [6.45, 7) is 3.26. The van der Waals surface area contributed by atoms with Crippen molar-refractivity contribution in [1.82, 2.24) is 5.32 Å². The van der Waals surface area contributed by atoms with Gasteiger partial charge < -0.3 is 14.2 Å². The highest BCUT2D eigenvalue weighted by atomic mass is 16.5. The van der Waals surface area contributed by atoms with Crippen LogP contribution in [0.5, 0.6) is 5.75 Å². The zero-order valence-electron chi connectivity index (χ0n) is 11.6. The van der Waals surface area contributed by atoms with Gasteiger partial charge in [0.25, 0.3) is 0 Å². The first-order valence-electron chi connectivity index (χ1n) is 6.25. The van der Waals surface area contributed by atoms with Crippen LogP contribution in [0.3, 0.4) is 0 Å². The van der Waals surface area contributed by atoms with E-state index in [0.717, 1.165) is 11.3 Å². The van der Waals surface area contributed by atoms with E-state index in [0.29, 0.717) is 19.8 Å². The number of carbonyl (C=O) groups excluding carboxylic acids is 1. The van der Waals surface area contributed by atoms with E-state index in [1.54, 1.807) is 21.1 Å². The predicted molar refractivity (Wildman–Crippen MR) is 72.2 cm³/mol. The van der Waals surface area contributed by atoms with Gasteiger partial charge in [0, 0.05) is 13.7 Å². The van der Waals surface area contributed by atoms with Crippen LogP contribution in [0, 0.1) is 0 Å². The summed E-state index contributed by atoms with van der Waals surface area (Å²) < 4.78 is 15.1. The van der Waals surface area contributed by atoms with Crippen molar-refractivity contribution in [1.29, 1.82) is 0 Å². The first-order chi connectivity index (χ1) is 9.22. The summed E-state index contributed by atoms with van der Waals surface area (Å²) in [5.41, 5.74) is 0.843. The maximum Gasteiger partial charge on any atom is 0.327 e. The molecule has 1 unspecified atom stereocenters. The summed E-state index contributed by atoms with van der Waals surface area (Å²) in [5.74, 6) is 0.465. The van der Waals surface area contributed by atoms with E-state index in [9.17, 15) is 4.79 Å². The molecule has 0 fully saturated rings. The second-order valence-corrected chi connectivity index (χ2v) is 3.91. The first kappa shape index (κ1) is 15.5. The van der Waals surface area contributed by atoms with Crippen molar-refractivity contribution < 1.29 is 19.0 Å². The third-order valence-electron chi connectivity index (χ3n) is 2.63. The molecule has 106 valence electrons. The quantitative estimate of drug-likeness (QED) is 0.572. The van der Waals surface area contributed by atoms with Crippen molar-refractivity contribution in [3.63, 3.8) is 0 Å². The minimum atomic E-state index is -0.485. The molecule has 1 aromatic rings. The fourth-order valence-electron chi connectivity index (χ4n) is 1.66. The number of rotatable bonds is 8. The van der Waals surface area contributed by atoms with Gasteiger partial charge in [-0.15, -0.1) is 0 Å². The zero-order valence-corrected chi connectivity index (χ0v) is 11.6. The molecule has 0 heterocycles. The largest absolute Gasteiger partial charge is 0.497 e. The Balaban J connectivity index is 2.77. The van der Waals surface area contributed by atoms with E-state index < -0.39 is 6.04 Å². The van der Waals surface area contributed by atoms with Crippen molar-refractivity contribution in [3.8, 4) is 5.75 Å². The van der Waals surface area contributed by atoms with Crippen LogP contribution in [0.15, 0.2) is 24.3 Å². The molecule has 1 atom stereocenters. The average Bonchev–Trinajstić information content (AvgIpc) is 2.44. The van der Waals surface area contributed by atoms with Crippen molar-refractivity contribution in [2.45, 2.75) is 13.0 Å². The van der Waals surface area contributed by atoms with Crippen LogP contribution in [0.1, 0.15) is 18.5 Å². The van der Waals surface area contributed by atoms with Gasteiger partial charge in [-0.3, -0.25) is 5.32 Å². The normalized spacial score (nSPS) is 11.9. The second kappa shape index (κ2) is 8.50. The molecule has 5 heteroatoms. The molecular formula is C14H21NO4. The van der Waals surface area contributed by atoms with Gasteiger partial charge in [0.2, 0.25) is 0 Å². The van der Waals surface area contributed by atoms with Gasteiger partial charge in [-0.2, -0.15) is 0 Å². The number of benzene rings is 1. The molecule has 1 N–H and O–H groups in total. The fourth-order valence-corrected chi connectivity index (χ4v) is 1.66. The lowest BCUT2D eigenvalue weighted by molar-refractivity contribution is -0.145. The number of hydrogen-bond donors (Lipinski definition) is 1. The van der Waals surface area contributed by atoms with Crippen LogP contribution in [-0.2, 0) is 14.3 Å². The summed E-state index contributed by atoms with van der Waals surface area (Å²) in [5, 5.41) is 3.12. The van der Waals surface area contributed by atoms with E-state index >= 15 is 0 Å². The molecule has 0 spiro atoms. The van der Waals surface area contributed by atoms with Gasteiger partial charge in [-0.1, -0.05) is 12.1 Å². The molecule has 0 saturated carbocycles. The molecule has 0 amide bonds.